The summed E-state index contributed by atoms with van der Waals surface area (Å²) >= 11 is 5.98. The van der Waals surface area contributed by atoms with Crippen LogP contribution in [0.2, 0.25) is 5.02 Å². The Bertz CT molecular complexity index is 1220. The Morgan fingerprint density at radius 1 is 1.17 bits per heavy atom. The second kappa shape index (κ2) is 11.7. The van der Waals surface area contributed by atoms with Crippen LogP contribution >= 0.6 is 11.6 Å². The molecule has 5 N–H and O–H groups in total. The highest BCUT2D eigenvalue weighted by Crippen LogP contribution is 2.28. The Kier molecular flexibility index (Phi) is 8.41. The molecule has 0 radical (unpaired) electrons. The van der Waals surface area contributed by atoms with Gasteiger partial charge in [-0.2, -0.15) is 0 Å². The summed E-state index contributed by atoms with van der Waals surface area (Å²) in [5, 5.41) is 28.5. The number of phenols is 1. The summed E-state index contributed by atoms with van der Waals surface area (Å²) in [7, 11) is 0. The number of aromatic hydroxyl groups is 1. The van der Waals surface area contributed by atoms with E-state index < -0.39 is 6.10 Å². The molecule has 0 spiro atoms. The fourth-order valence-electron chi connectivity index (χ4n) is 4.49. The molecule has 2 aromatic carbocycles. The summed E-state index contributed by atoms with van der Waals surface area (Å²) in [6.07, 6.45) is 1.54. The van der Waals surface area contributed by atoms with Crippen molar-refractivity contribution < 1.29 is 15.0 Å². The lowest BCUT2D eigenvalue weighted by Gasteiger charge is -2.32. The molecule has 3 aromatic rings. The lowest BCUT2D eigenvalue weighted by atomic mass is 10.0. The monoisotopic (exact) mass is 498 g/mol. The molecule has 1 atom stereocenters. The summed E-state index contributed by atoms with van der Waals surface area (Å²) in [5.41, 5.74) is 1.66. The van der Waals surface area contributed by atoms with Gasteiger partial charge in [0.2, 0.25) is 11.5 Å². The molecule has 0 saturated carbocycles. The lowest BCUT2D eigenvalue weighted by Crippen LogP contribution is -2.44. The lowest BCUT2D eigenvalue weighted by molar-refractivity contribution is -0.121. The number of rotatable bonds is 9. The number of amides is 1. The van der Waals surface area contributed by atoms with Crippen LogP contribution < -0.4 is 16.2 Å². The van der Waals surface area contributed by atoms with Crippen LogP contribution in [0.4, 0.5) is 0 Å². The van der Waals surface area contributed by atoms with Crippen molar-refractivity contribution >= 4 is 28.4 Å². The van der Waals surface area contributed by atoms with E-state index in [0.717, 1.165) is 31.5 Å². The van der Waals surface area contributed by atoms with E-state index in [9.17, 15) is 19.8 Å². The Morgan fingerprint density at radius 2 is 1.97 bits per heavy atom. The molecule has 35 heavy (non-hydrogen) atoms. The molecule has 1 saturated heterocycles. The van der Waals surface area contributed by atoms with Gasteiger partial charge in [-0.1, -0.05) is 29.8 Å². The Morgan fingerprint density at radius 3 is 2.74 bits per heavy atom. The molecule has 8 nitrogen and oxygen atoms in total. The maximum absolute atomic E-state index is 12.2. The fourth-order valence-corrected chi connectivity index (χ4v) is 4.71. The molecule has 186 valence electrons. The van der Waals surface area contributed by atoms with E-state index in [1.165, 1.54) is 12.1 Å². The third-order valence-corrected chi connectivity index (χ3v) is 6.72. The van der Waals surface area contributed by atoms with Gasteiger partial charge >= 0.3 is 0 Å². The number of nitrogens with zero attached hydrogens (tertiary/aromatic N) is 1. The molecule has 2 heterocycles. The summed E-state index contributed by atoms with van der Waals surface area (Å²) in [5.74, 6) is 0.00272. The first-order chi connectivity index (χ1) is 16.9. The molecule has 1 aromatic heterocycles. The number of benzene rings is 2. The molecular weight excluding hydrogens is 468 g/mol. The minimum atomic E-state index is -0.773. The smallest absolute Gasteiger partial charge is 0.248 e. The predicted octanol–water partition coefficient (Wildman–Crippen LogP) is 2.68. The quantitative estimate of drug-likeness (QED) is 0.309. The number of hydrogen-bond acceptors (Lipinski definition) is 6. The number of hydrogen-bond donors (Lipinski definition) is 5. The molecule has 1 amide bonds. The number of phenolic OH excluding ortho intramolecular Hbond substituents is 1. The van der Waals surface area contributed by atoms with E-state index in [1.54, 1.807) is 12.1 Å². The molecule has 0 bridgehead atoms. The first kappa shape index (κ1) is 25.2. The van der Waals surface area contributed by atoms with Crippen molar-refractivity contribution in [3.8, 4) is 5.75 Å². The average molecular weight is 499 g/mol. The zero-order chi connectivity index (χ0) is 24.8. The molecule has 0 aliphatic carbocycles. The van der Waals surface area contributed by atoms with Gasteiger partial charge in [0, 0.05) is 48.6 Å². The summed E-state index contributed by atoms with van der Waals surface area (Å²) in [6, 6.07) is 13.9. The average Bonchev–Trinajstić information content (AvgIpc) is 2.86. The predicted molar refractivity (Wildman–Crippen MR) is 137 cm³/mol. The van der Waals surface area contributed by atoms with Crippen molar-refractivity contribution in [3.63, 3.8) is 0 Å². The Hall–Kier alpha value is -2.91. The molecular formula is C26H31ClN4O4. The van der Waals surface area contributed by atoms with E-state index >= 15 is 0 Å². The zero-order valence-corrected chi connectivity index (χ0v) is 20.2. The van der Waals surface area contributed by atoms with Crippen LogP contribution in [0, 0.1) is 0 Å². The van der Waals surface area contributed by atoms with E-state index in [4.69, 9.17) is 11.6 Å². The second-order valence-electron chi connectivity index (χ2n) is 8.98. The number of piperidine rings is 1. The van der Waals surface area contributed by atoms with Gasteiger partial charge in [-0.3, -0.25) is 9.59 Å². The summed E-state index contributed by atoms with van der Waals surface area (Å²) in [4.78, 5) is 28.7. The van der Waals surface area contributed by atoms with E-state index in [2.05, 4.69) is 20.5 Å². The number of carbonyl (C=O) groups is 1. The highest BCUT2D eigenvalue weighted by atomic mass is 35.5. The number of likely N-dealkylation sites (tertiary alicyclic amines) is 1. The maximum Gasteiger partial charge on any atom is 0.248 e. The van der Waals surface area contributed by atoms with Crippen LogP contribution in [-0.2, 0) is 11.3 Å². The number of carbonyl (C=O) groups excluding carboxylic acids is 1. The van der Waals surface area contributed by atoms with Gasteiger partial charge in [0.05, 0.1) is 11.6 Å². The van der Waals surface area contributed by atoms with Crippen molar-refractivity contribution in [2.24, 2.45) is 0 Å². The van der Waals surface area contributed by atoms with Crippen LogP contribution in [-0.4, -0.2) is 58.2 Å². The number of halogens is 1. The summed E-state index contributed by atoms with van der Waals surface area (Å²) in [6.45, 7) is 3.33. The van der Waals surface area contributed by atoms with E-state index in [0.29, 0.717) is 47.5 Å². The number of aliphatic hydroxyl groups excluding tert-OH is 1. The SMILES string of the molecule is O=C(CCN1CCC(NC[C@@H](O)c2ccc(O)c3[nH]c(=O)ccc23)CC1)NCc1cccc(Cl)c1. The molecule has 1 aliphatic rings. The van der Waals surface area contributed by atoms with Gasteiger partial charge in [-0.05, 0) is 61.3 Å². The topological polar surface area (TPSA) is 118 Å². The van der Waals surface area contributed by atoms with Crippen molar-refractivity contribution in [3.05, 3.63) is 75.0 Å². The number of nitrogens with one attached hydrogen (secondary N) is 3. The van der Waals surface area contributed by atoms with E-state index in [1.807, 2.05) is 24.3 Å². The van der Waals surface area contributed by atoms with Gasteiger partial charge in [-0.25, -0.2) is 0 Å². The van der Waals surface area contributed by atoms with Crippen LogP contribution in [0.5, 0.6) is 5.75 Å². The first-order valence-corrected chi connectivity index (χ1v) is 12.3. The Labute approximate surface area is 208 Å². The minimum absolute atomic E-state index is 0.0212. The molecule has 4 rings (SSSR count). The van der Waals surface area contributed by atoms with Gasteiger partial charge < -0.3 is 30.7 Å². The highest BCUT2D eigenvalue weighted by Gasteiger charge is 2.21. The summed E-state index contributed by atoms with van der Waals surface area (Å²) < 4.78 is 0. The molecule has 1 aliphatic heterocycles. The Balaban J connectivity index is 1.18. The van der Waals surface area contributed by atoms with Crippen molar-refractivity contribution in [2.45, 2.75) is 38.0 Å². The third-order valence-electron chi connectivity index (χ3n) is 6.49. The molecule has 9 heteroatoms. The first-order valence-electron chi connectivity index (χ1n) is 11.9. The van der Waals surface area contributed by atoms with Crippen molar-refractivity contribution in [2.75, 3.05) is 26.2 Å². The van der Waals surface area contributed by atoms with Gasteiger partial charge in [-0.15, -0.1) is 0 Å². The van der Waals surface area contributed by atoms with Crippen molar-refractivity contribution in [1.29, 1.82) is 0 Å². The maximum atomic E-state index is 12.2. The number of H-pyrrole nitrogens is 1. The molecule has 0 unspecified atom stereocenters. The number of fused-ring (bicyclic) bond motifs is 1. The van der Waals surface area contributed by atoms with Crippen molar-refractivity contribution in [1.82, 2.24) is 20.5 Å². The fraction of sp³-hybridized carbons (Fsp3) is 0.385. The van der Waals surface area contributed by atoms with Gasteiger partial charge in [0.25, 0.3) is 0 Å². The largest absolute Gasteiger partial charge is 0.506 e. The molecule has 1 fully saturated rings. The minimum Gasteiger partial charge on any atom is -0.506 e. The van der Waals surface area contributed by atoms with Crippen LogP contribution in [0.3, 0.4) is 0 Å². The second-order valence-corrected chi connectivity index (χ2v) is 9.42. The van der Waals surface area contributed by atoms with Crippen LogP contribution in [0.1, 0.15) is 36.5 Å². The third kappa shape index (κ3) is 6.82. The number of aromatic amines is 1. The van der Waals surface area contributed by atoms with Gasteiger partial charge in [0.15, 0.2) is 0 Å². The van der Waals surface area contributed by atoms with Crippen LogP contribution in [0.25, 0.3) is 10.9 Å². The number of aliphatic hydroxyl groups is 1. The van der Waals surface area contributed by atoms with E-state index in [-0.39, 0.29) is 23.3 Å². The standard InChI is InChI=1S/C26H31ClN4O4/c27-18-3-1-2-17(14-18)15-29-24(34)10-13-31-11-8-19(9-12-31)28-16-23(33)20-4-6-22(32)26-21(20)5-7-25(35)30-26/h1-7,14,19,23,28,32-33H,8-13,15-16H2,(H,29,34)(H,30,35)/t23-/m1/s1. The van der Waals surface area contributed by atoms with Gasteiger partial charge in [0.1, 0.15) is 5.75 Å². The number of pyridine rings is 1. The zero-order valence-electron chi connectivity index (χ0n) is 19.5. The normalized spacial score (nSPS) is 15.8. The van der Waals surface area contributed by atoms with Crippen LogP contribution in [0.15, 0.2) is 53.3 Å². The highest BCUT2D eigenvalue weighted by molar-refractivity contribution is 6.30. The number of aromatic nitrogens is 1.